The van der Waals surface area contributed by atoms with Crippen LogP contribution in [0.1, 0.15) is 29.4 Å². The van der Waals surface area contributed by atoms with Gasteiger partial charge in [-0.3, -0.25) is 4.68 Å². The molecule has 0 N–H and O–H groups in total. The van der Waals surface area contributed by atoms with Crippen LogP contribution in [0.2, 0.25) is 5.02 Å². The first kappa shape index (κ1) is 16.6. The minimum atomic E-state index is 0.518. The predicted octanol–water partition coefficient (Wildman–Crippen LogP) is 4.74. The van der Waals surface area contributed by atoms with E-state index in [0.29, 0.717) is 5.92 Å². The van der Waals surface area contributed by atoms with Gasteiger partial charge in [0.2, 0.25) is 0 Å². The molecule has 4 heteroatoms. The quantitative estimate of drug-likeness (QED) is 0.672. The Morgan fingerprint density at radius 1 is 1.33 bits per heavy atom. The summed E-state index contributed by atoms with van der Waals surface area (Å²) in [5.41, 5.74) is 4.84. The molecule has 0 radical (unpaired) electrons. The van der Waals surface area contributed by atoms with E-state index in [1.807, 2.05) is 11.7 Å². The number of aryl methyl sites for hydroxylation is 3. The molecule has 1 heterocycles. The topological polar surface area (TPSA) is 17.8 Å². The van der Waals surface area contributed by atoms with E-state index < -0.39 is 0 Å². The molecule has 2 rings (SSSR count). The molecule has 2 aromatic rings. The highest BCUT2D eigenvalue weighted by Gasteiger charge is 2.18. The minimum Gasteiger partial charge on any atom is -0.271 e. The number of aromatic nitrogens is 2. The summed E-state index contributed by atoms with van der Waals surface area (Å²) in [6.45, 7) is 4.23. The fourth-order valence-electron chi connectivity index (χ4n) is 2.67. The summed E-state index contributed by atoms with van der Waals surface area (Å²) in [7, 11) is 1.98. The van der Waals surface area contributed by atoms with Gasteiger partial charge in [0.15, 0.2) is 0 Å². The van der Waals surface area contributed by atoms with Crippen LogP contribution in [0.25, 0.3) is 0 Å². The smallest absolute Gasteiger partial charge is 0.0849 e. The first-order valence-corrected chi connectivity index (χ1v) is 8.86. The summed E-state index contributed by atoms with van der Waals surface area (Å²) in [6, 6.07) is 8.73. The predicted molar refractivity (Wildman–Crippen MR) is 93.5 cm³/mol. The van der Waals surface area contributed by atoms with Gasteiger partial charge in [-0.2, -0.15) is 5.10 Å². The van der Waals surface area contributed by atoms with Gasteiger partial charge < -0.3 is 0 Å². The van der Waals surface area contributed by atoms with Crippen LogP contribution in [0.5, 0.6) is 0 Å². The van der Waals surface area contributed by atoms with Gasteiger partial charge in [-0.25, -0.2) is 0 Å². The fraction of sp³-hybridized carbons (Fsp3) is 0.471. The lowest BCUT2D eigenvalue weighted by Crippen LogP contribution is -2.13. The maximum absolute atomic E-state index is 6.46. The summed E-state index contributed by atoms with van der Waals surface area (Å²) in [5.74, 6) is 0.518. The van der Waals surface area contributed by atoms with E-state index in [0.717, 1.165) is 41.0 Å². The standard InChI is InChI=1S/C17H22BrClN2/c1-4-15-17(19)16(21(3)20-15)10-14(11-18)9-13-7-5-6-12(2)8-13/h5-8,14H,4,9-11H2,1-3H3. The average Bonchev–Trinajstić information content (AvgIpc) is 2.73. The van der Waals surface area contributed by atoms with E-state index in [1.54, 1.807) is 0 Å². The Bertz CT molecular complexity index is 607. The molecule has 0 spiro atoms. The lowest BCUT2D eigenvalue weighted by atomic mass is 9.95. The average molecular weight is 370 g/mol. The first-order chi connectivity index (χ1) is 10.0. The Labute approximate surface area is 140 Å². The molecule has 0 aliphatic carbocycles. The monoisotopic (exact) mass is 368 g/mol. The molecule has 0 bridgehead atoms. The van der Waals surface area contributed by atoms with Crippen molar-refractivity contribution in [3.8, 4) is 0 Å². The highest BCUT2D eigenvalue weighted by molar-refractivity contribution is 9.09. The molecule has 0 saturated carbocycles. The molecule has 114 valence electrons. The van der Waals surface area contributed by atoms with Gasteiger partial charge >= 0.3 is 0 Å². The Balaban J connectivity index is 2.14. The van der Waals surface area contributed by atoms with Crippen LogP contribution in [0.3, 0.4) is 0 Å². The second kappa shape index (κ2) is 7.46. The molecule has 1 aromatic carbocycles. The Morgan fingerprint density at radius 2 is 2.10 bits per heavy atom. The fourth-order valence-corrected chi connectivity index (χ4v) is 3.50. The molecule has 0 aliphatic heterocycles. The van der Waals surface area contributed by atoms with E-state index in [1.165, 1.54) is 11.1 Å². The normalized spacial score (nSPS) is 12.6. The van der Waals surface area contributed by atoms with E-state index in [-0.39, 0.29) is 0 Å². The lowest BCUT2D eigenvalue weighted by Gasteiger charge is -2.15. The number of rotatable bonds is 6. The summed E-state index contributed by atoms with van der Waals surface area (Å²) in [4.78, 5) is 0. The molecule has 0 aliphatic rings. The Kier molecular flexibility index (Phi) is 5.88. The van der Waals surface area contributed by atoms with Crippen LogP contribution >= 0.6 is 27.5 Å². The van der Waals surface area contributed by atoms with Crippen molar-refractivity contribution in [3.05, 3.63) is 51.8 Å². The molecular formula is C17H22BrClN2. The third-order valence-corrected chi connectivity index (χ3v) is 5.16. The second-order valence-corrected chi connectivity index (χ2v) is 6.63. The largest absolute Gasteiger partial charge is 0.271 e. The van der Waals surface area contributed by atoms with Crippen molar-refractivity contribution in [1.29, 1.82) is 0 Å². The van der Waals surface area contributed by atoms with Crippen LogP contribution < -0.4 is 0 Å². The zero-order chi connectivity index (χ0) is 15.4. The lowest BCUT2D eigenvalue weighted by molar-refractivity contribution is 0.556. The maximum Gasteiger partial charge on any atom is 0.0849 e. The number of benzene rings is 1. The maximum atomic E-state index is 6.46. The summed E-state index contributed by atoms with van der Waals surface area (Å²) >= 11 is 10.1. The minimum absolute atomic E-state index is 0.518. The van der Waals surface area contributed by atoms with Crippen LogP contribution in [0.15, 0.2) is 24.3 Å². The van der Waals surface area contributed by atoms with Crippen LogP contribution in [0, 0.1) is 12.8 Å². The van der Waals surface area contributed by atoms with E-state index in [4.69, 9.17) is 11.6 Å². The van der Waals surface area contributed by atoms with Gasteiger partial charge in [-0.05, 0) is 37.7 Å². The molecule has 0 fully saturated rings. The molecule has 21 heavy (non-hydrogen) atoms. The van der Waals surface area contributed by atoms with Crippen molar-refractivity contribution in [2.75, 3.05) is 5.33 Å². The first-order valence-electron chi connectivity index (χ1n) is 7.36. The SMILES string of the molecule is CCc1nn(C)c(CC(CBr)Cc2cccc(C)c2)c1Cl. The molecule has 0 amide bonds. The van der Waals surface area contributed by atoms with Gasteiger partial charge in [-0.15, -0.1) is 0 Å². The highest BCUT2D eigenvalue weighted by atomic mass is 79.9. The van der Waals surface area contributed by atoms with E-state index >= 15 is 0 Å². The number of nitrogens with zero attached hydrogens (tertiary/aromatic N) is 2. The number of alkyl halides is 1. The van der Waals surface area contributed by atoms with Gasteiger partial charge in [0, 0.05) is 12.4 Å². The molecular weight excluding hydrogens is 348 g/mol. The van der Waals surface area contributed by atoms with Crippen molar-refractivity contribution < 1.29 is 0 Å². The molecule has 1 aromatic heterocycles. The zero-order valence-corrected chi connectivity index (χ0v) is 15.2. The van der Waals surface area contributed by atoms with Crippen molar-refractivity contribution in [3.63, 3.8) is 0 Å². The van der Waals surface area contributed by atoms with Crippen LogP contribution in [0.4, 0.5) is 0 Å². The summed E-state index contributed by atoms with van der Waals surface area (Å²) in [5, 5.41) is 6.31. The van der Waals surface area contributed by atoms with Crippen LogP contribution in [-0.2, 0) is 26.3 Å². The van der Waals surface area contributed by atoms with Crippen molar-refractivity contribution in [2.45, 2.75) is 33.1 Å². The Hall–Kier alpha value is -0.800. The van der Waals surface area contributed by atoms with Gasteiger partial charge in [0.25, 0.3) is 0 Å². The molecule has 2 nitrogen and oxygen atoms in total. The second-order valence-electron chi connectivity index (χ2n) is 5.60. The number of hydrogen-bond donors (Lipinski definition) is 0. The molecule has 1 unspecified atom stereocenters. The van der Waals surface area contributed by atoms with E-state index in [2.05, 4.69) is 59.1 Å². The van der Waals surface area contributed by atoms with Gasteiger partial charge in [0.1, 0.15) is 0 Å². The number of halogens is 2. The summed E-state index contributed by atoms with van der Waals surface area (Å²) in [6.07, 6.45) is 2.88. The van der Waals surface area contributed by atoms with Crippen molar-refractivity contribution in [2.24, 2.45) is 13.0 Å². The van der Waals surface area contributed by atoms with Crippen LogP contribution in [-0.4, -0.2) is 15.1 Å². The van der Waals surface area contributed by atoms with Gasteiger partial charge in [0.05, 0.1) is 16.4 Å². The highest BCUT2D eigenvalue weighted by Crippen LogP contribution is 2.25. The zero-order valence-electron chi connectivity index (χ0n) is 12.9. The number of hydrogen-bond acceptors (Lipinski definition) is 1. The third-order valence-electron chi connectivity index (χ3n) is 3.81. The van der Waals surface area contributed by atoms with Crippen molar-refractivity contribution >= 4 is 27.5 Å². The molecule has 0 saturated heterocycles. The third kappa shape index (κ3) is 4.10. The van der Waals surface area contributed by atoms with E-state index in [9.17, 15) is 0 Å². The Morgan fingerprint density at radius 3 is 2.67 bits per heavy atom. The van der Waals surface area contributed by atoms with Gasteiger partial charge in [-0.1, -0.05) is 64.3 Å². The van der Waals surface area contributed by atoms with Crippen molar-refractivity contribution in [1.82, 2.24) is 9.78 Å². The summed E-state index contributed by atoms with van der Waals surface area (Å²) < 4.78 is 1.94. The molecule has 1 atom stereocenters.